The van der Waals surface area contributed by atoms with Crippen LogP contribution in [0.25, 0.3) is 0 Å². The van der Waals surface area contributed by atoms with E-state index in [1.165, 1.54) is 54.4 Å². The molecule has 0 heterocycles. The van der Waals surface area contributed by atoms with E-state index in [1.807, 2.05) is 0 Å². The first-order chi connectivity index (χ1) is 8.27. The molecule has 0 aromatic carbocycles. The lowest BCUT2D eigenvalue weighted by Gasteiger charge is -2.05. The Hall–Kier alpha value is -1.56. The van der Waals surface area contributed by atoms with Gasteiger partial charge < -0.3 is 0 Å². The molecule has 0 nitrogen and oxygen atoms in total. The minimum Gasteiger partial charge on any atom is -0.0915 e. The summed E-state index contributed by atoms with van der Waals surface area (Å²) < 4.78 is 0. The van der Waals surface area contributed by atoms with Gasteiger partial charge in [-0.1, -0.05) is 56.0 Å². The lowest BCUT2D eigenvalue weighted by atomic mass is 10.00. The molecule has 0 N–H and O–H groups in total. The second kappa shape index (κ2) is 5.67. The maximum Gasteiger partial charge on any atom is -0.0273 e. The maximum atomic E-state index is 4.02. The largest absolute Gasteiger partial charge is 0.0915 e. The predicted molar refractivity (Wildman–Crippen MR) is 75.8 cm³/mol. The highest BCUT2D eigenvalue weighted by Crippen LogP contribution is 2.25. The van der Waals surface area contributed by atoms with Gasteiger partial charge in [-0.25, -0.2) is 0 Å². The number of unbranched alkanes of at least 4 members (excludes halogenated alkanes) is 2. The first-order valence-corrected chi connectivity index (χ1v) is 6.40. The molecular formula is C17H20. The molecule has 0 aromatic heterocycles. The van der Waals surface area contributed by atoms with Crippen LogP contribution in [0.2, 0.25) is 0 Å². The monoisotopic (exact) mass is 224 g/mol. The van der Waals surface area contributed by atoms with Gasteiger partial charge in [-0.05, 0) is 48.0 Å². The van der Waals surface area contributed by atoms with Gasteiger partial charge in [0.2, 0.25) is 0 Å². The Morgan fingerprint density at radius 3 is 1.53 bits per heavy atom. The molecule has 17 heavy (non-hydrogen) atoms. The summed E-state index contributed by atoms with van der Waals surface area (Å²) in [7, 11) is 0. The first kappa shape index (κ1) is 11.9. The summed E-state index contributed by atoms with van der Waals surface area (Å²) in [6.45, 7) is 8.05. The van der Waals surface area contributed by atoms with E-state index in [1.54, 1.807) is 0 Å². The quantitative estimate of drug-likeness (QED) is 0.554. The molecule has 2 rings (SSSR count). The van der Waals surface area contributed by atoms with Crippen LogP contribution in [-0.4, -0.2) is 0 Å². The van der Waals surface area contributed by atoms with Crippen molar-refractivity contribution in [3.8, 4) is 0 Å². The second-order valence-corrected chi connectivity index (χ2v) is 4.71. The van der Waals surface area contributed by atoms with Crippen LogP contribution in [0.3, 0.4) is 0 Å². The van der Waals surface area contributed by atoms with Gasteiger partial charge in [-0.15, -0.1) is 0 Å². The zero-order chi connectivity index (χ0) is 12.1. The van der Waals surface area contributed by atoms with Crippen LogP contribution in [-0.2, 0) is 0 Å². The third-order valence-electron chi connectivity index (χ3n) is 3.41. The van der Waals surface area contributed by atoms with E-state index in [9.17, 15) is 0 Å². The molecule has 0 fully saturated rings. The van der Waals surface area contributed by atoms with Crippen molar-refractivity contribution in [3.63, 3.8) is 0 Å². The Kier molecular flexibility index (Phi) is 3.98. The molecule has 0 aromatic rings. The minimum atomic E-state index is 1.17. The van der Waals surface area contributed by atoms with Crippen molar-refractivity contribution in [1.82, 2.24) is 0 Å². The molecular weight excluding hydrogens is 204 g/mol. The van der Waals surface area contributed by atoms with Crippen molar-refractivity contribution in [2.45, 2.75) is 32.1 Å². The van der Waals surface area contributed by atoms with E-state index in [0.717, 1.165) is 0 Å². The Balaban J connectivity index is 1.58. The fourth-order valence-electron chi connectivity index (χ4n) is 2.28. The summed E-state index contributed by atoms with van der Waals surface area (Å²) in [5.74, 6) is 0. The molecule has 2 aliphatic carbocycles. The van der Waals surface area contributed by atoms with Crippen molar-refractivity contribution in [1.29, 1.82) is 0 Å². The Morgan fingerprint density at radius 1 is 0.706 bits per heavy atom. The fraction of sp³-hybridized carbons (Fsp3) is 0.294. The molecule has 0 saturated carbocycles. The van der Waals surface area contributed by atoms with E-state index < -0.39 is 0 Å². The third-order valence-corrected chi connectivity index (χ3v) is 3.41. The molecule has 0 atom stereocenters. The average Bonchev–Trinajstić information content (AvgIpc) is 2.89. The van der Waals surface area contributed by atoms with Gasteiger partial charge in [0.1, 0.15) is 0 Å². The average molecular weight is 224 g/mol. The Morgan fingerprint density at radius 2 is 1.18 bits per heavy atom. The second-order valence-electron chi connectivity index (χ2n) is 4.71. The zero-order valence-corrected chi connectivity index (χ0v) is 10.4. The van der Waals surface area contributed by atoms with Crippen LogP contribution in [0, 0.1) is 0 Å². The smallest absolute Gasteiger partial charge is 0.0273 e. The van der Waals surface area contributed by atoms with Gasteiger partial charge >= 0.3 is 0 Å². The van der Waals surface area contributed by atoms with Crippen LogP contribution >= 0.6 is 0 Å². The molecule has 0 amide bonds. The summed E-state index contributed by atoms with van der Waals surface area (Å²) >= 11 is 0. The topological polar surface area (TPSA) is 0 Å². The van der Waals surface area contributed by atoms with Crippen LogP contribution in [0.5, 0.6) is 0 Å². The fourth-order valence-corrected chi connectivity index (χ4v) is 2.28. The highest BCUT2D eigenvalue weighted by Gasteiger charge is 2.05. The molecule has 0 radical (unpaired) electrons. The van der Waals surface area contributed by atoms with Crippen LogP contribution in [0.15, 0.2) is 71.9 Å². The van der Waals surface area contributed by atoms with E-state index >= 15 is 0 Å². The van der Waals surface area contributed by atoms with Crippen molar-refractivity contribution < 1.29 is 0 Å². The van der Waals surface area contributed by atoms with Gasteiger partial charge in [-0.2, -0.15) is 0 Å². The van der Waals surface area contributed by atoms with Gasteiger partial charge in [0.15, 0.2) is 0 Å². The van der Waals surface area contributed by atoms with E-state index in [-0.39, 0.29) is 0 Å². The summed E-state index contributed by atoms with van der Waals surface area (Å²) in [5, 5.41) is 0. The van der Waals surface area contributed by atoms with Crippen molar-refractivity contribution in [2.75, 3.05) is 0 Å². The predicted octanol–water partition coefficient (Wildman–Crippen LogP) is 5.04. The van der Waals surface area contributed by atoms with Crippen LogP contribution < -0.4 is 0 Å². The van der Waals surface area contributed by atoms with Crippen molar-refractivity contribution in [3.05, 3.63) is 71.9 Å². The Labute approximate surface area is 104 Å². The number of rotatable bonds is 6. The lowest BCUT2D eigenvalue weighted by Crippen LogP contribution is -1.86. The molecule has 0 bridgehead atoms. The molecule has 88 valence electrons. The van der Waals surface area contributed by atoms with E-state index in [4.69, 9.17) is 0 Å². The molecule has 0 spiro atoms. The van der Waals surface area contributed by atoms with Crippen LogP contribution in [0.1, 0.15) is 32.1 Å². The molecule has 0 saturated heterocycles. The Bertz CT molecular complexity index is 397. The molecule has 0 aliphatic heterocycles. The van der Waals surface area contributed by atoms with E-state index in [0.29, 0.717) is 0 Å². The molecule has 0 heteroatoms. The summed E-state index contributed by atoms with van der Waals surface area (Å²) in [4.78, 5) is 0. The van der Waals surface area contributed by atoms with Gasteiger partial charge in [0.25, 0.3) is 0 Å². The summed E-state index contributed by atoms with van der Waals surface area (Å²) in [6.07, 6.45) is 18.9. The maximum absolute atomic E-state index is 4.02. The number of hydrogen-bond acceptors (Lipinski definition) is 0. The highest BCUT2D eigenvalue weighted by molar-refractivity contribution is 5.47. The van der Waals surface area contributed by atoms with Gasteiger partial charge in [0, 0.05) is 0 Å². The summed E-state index contributed by atoms with van der Waals surface area (Å²) in [5.41, 5.74) is 5.22. The van der Waals surface area contributed by atoms with Gasteiger partial charge in [-0.3, -0.25) is 0 Å². The van der Waals surface area contributed by atoms with Gasteiger partial charge in [0.05, 0.1) is 0 Å². The summed E-state index contributed by atoms with van der Waals surface area (Å²) in [6, 6.07) is 0. The zero-order valence-electron chi connectivity index (χ0n) is 10.4. The first-order valence-electron chi connectivity index (χ1n) is 6.40. The van der Waals surface area contributed by atoms with E-state index in [2.05, 4.69) is 49.6 Å². The van der Waals surface area contributed by atoms with Crippen molar-refractivity contribution >= 4 is 0 Å². The third kappa shape index (κ3) is 3.20. The number of hydrogen-bond donors (Lipinski definition) is 0. The minimum absolute atomic E-state index is 1.17. The molecule has 0 unspecified atom stereocenters. The normalized spacial score (nSPS) is 17.9. The van der Waals surface area contributed by atoms with Crippen LogP contribution in [0.4, 0.5) is 0 Å². The molecule has 2 aliphatic rings. The van der Waals surface area contributed by atoms with Crippen molar-refractivity contribution in [2.24, 2.45) is 0 Å². The highest BCUT2D eigenvalue weighted by atomic mass is 14.1. The lowest BCUT2D eigenvalue weighted by molar-refractivity contribution is 0.679. The SMILES string of the molecule is C=C1C=CC=C1CCCCCC1=CC=CC1=C. The number of allylic oxidation sites excluding steroid dienone is 10. The standard InChI is InChI=1S/C17H20/c1-14-8-6-12-16(14)10-4-3-5-11-17-13-7-9-15(17)2/h6-9,12-13H,1-5,10-11H2.